The van der Waals surface area contributed by atoms with Crippen LogP contribution in [0.1, 0.15) is 46.6 Å². The molecule has 8 heteroatoms. The molecule has 0 aliphatic carbocycles. The number of carbonyl (C=O) groups is 1. The lowest BCUT2D eigenvalue weighted by molar-refractivity contribution is 0.0671. The summed E-state index contributed by atoms with van der Waals surface area (Å²) in [6, 6.07) is 7.69. The quantitative estimate of drug-likeness (QED) is 0.596. The van der Waals surface area contributed by atoms with E-state index in [0.29, 0.717) is 41.4 Å². The fourth-order valence-electron chi connectivity index (χ4n) is 4.02. The number of benzene rings is 1. The second-order valence-electron chi connectivity index (χ2n) is 8.11. The monoisotopic (exact) mass is 439 g/mol. The Morgan fingerprint density at radius 2 is 1.94 bits per heavy atom. The molecule has 7 nitrogen and oxygen atoms in total. The maximum absolute atomic E-state index is 13.1. The van der Waals surface area contributed by atoms with E-state index < -0.39 is 0 Å². The Morgan fingerprint density at radius 3 is 2.58 bits per heavy atom. The van der Waals surface area contributed by atoms with Crippen LogP contribution in [0.15, 0.2) is 34.9 Å². The number of nitrogens with zero attached hydrogens (tertiary/aromatic N) is 5. The number of aromatic nitrogens is 3. The summed E-state index contributed by atoms with van der Waals surface area (Å²) in [7, 11) is 3.85. The first-order chi connectivity index (χ1) is 14.8. The SMILES string of the molecule is Cc1nc(C)c(C(=O)N2CCC[C@@H](c3nc(N(C)C)ncc3-c3ccc(Cl)cc3)C2)o1. The molecule has 4 rings (SSSR count). The first-order valence-corrected chi connectivity index (χ1v) is 10.7. The average Bonchev–Trinajstić information content (AvgIpc) is 3.11. The summed E-state index contributed by atoms with van der Waals surface area (Å²) in [4.78, 5) is 30.5. The first-order valence-electron chi connectivity index (χ1n) is 10.4. The Bertz CT molecular complexity index is 1090. The number of piperidine rings is 1. The van der Waals surface area contributed by atoms with Gasteiger partial charge in [0.1, 0.15) is 0 Å². The molecule has 0 spiro atoms. The van der Waals surface area contributed by atoms with Crippen molar-refractivity contribution < 1.29 is 9.21 Å². The lowest BCUT2D eigenvalue weighted by Gasteiger charge is -2.33. The van der Waals surface area contributed by atoms with Crippen LogP contribution in [0, 0.1) is 13.8 Å². The third-order valence-electron chi connectivity index (χ3n) is 5.55. The molecule has 3 aromatic rings. The summed E-state index contributed by atoms with van der Waals surface area (Å²) in [5.74, 6) is 1.46. The molecule has 2 aromatic heterocycles. The van der Waals surface area contributed by atoms with Gasteiger partial charge in [-0.1, -0.05) is 23.7 Å². The van der Waals surface area contributed by atoms with E-state index in [0.717, 1.165) is 29.7 Å². The minimum Gasteiger partial charge on any atom is -0.436 e. The van der Waals surface area contributed by atoms with Crippen molar-refractivity contribution in [3.05, 3.63) is 58.5 Å². The Balaban J connectivity index is 1.68. The predicted octanol–water partition coefficient (Wildman–Crippen LogP) is 4.49. The smallest absolute Gasteiger partial charge is 0.291 e. The van der Waals surface area contributed by atoms with E-state index in [4.69, 9.17) is 21.0 Å². The highest BCUT2D eigenvalue weighted by Crippen LogP contribution is 2.35. The van der Waals surface area contributed by atoms with Crippen molar-refractivity contribution in [1.82, 2.24) is 19.9 Å². The maximum atomic E-state index is 13.1. The van der Waals surface area contributed by atoms with E-state index in [1.54, 1.807) is 13.8 Å². The number of hydrogen-bond acceptors (Lipinski definition) is 6. The minimum absolute atomic E-state index is 0.0920. The number of oxazole rings is 1. The zero-order valence-electron chi connectivity index (χ0n) is 18.2. The number of aryl methyl sites for hydroxylation is 2. The summed E-state index contributed by atoms with van der Waals surface area (Å²) < 4.78 is 5.58. The fraction of sp³-hybridized carbons (Fsp3) is 0.391. The lowest BCUT2D eigenvalue weighted by Crippen LogP contribution is -2.39. The Hall–Kier alpha value is -2.93. The summed E-state index contributed by atoms with van der Waals surface area (Å²) in [6.07, 6.45) is 3.71. The van der Waals surface area contributed by atoms with Crippen LogP contribution in [0.2, 0.25) is 5.02 Å². The lowest BCUT2D eigenvalue weighted by atomic mass is 9.89. The van der Waals surface area contributed by atoms with Gasteiger partial charge in [0.2, 0.25) is 11.7 Å². The van der Waals surface area contributed by atoms with E-state index in [-0.39, 0.29) is 11.8 Å². The van der Waals surface area contributed by atoms with Gasteiger partial charge in [-0.2, -0.15) is 0 Å². The van der Waals surface area contributed by atoms with E-state index in [9.17, 15) is 4.79 Å². The van der Waals surface area contributed by atoms with Crippen LogP contribution in [0.4, 0.5) is 5.95 Å². The molecular weight excluding hydrogens is 414 g/mol. The van der Waals surface area contributed by atoms with E-state index in [1.165, 1.54) is 0 Å². The van der Waals surface area contributed by atoms with Crippen molar-refractivity contribution in [2.24, 2.45) is 0 Å². The molecule has 0 radical (unpaired) electrons. The number of carbonyl (C=O) groups excluding carboxylic acids is 1. The Kier molecular flexibility index (Phi) is 5.96. The first kappa shape index (κ1) is 21.3. The molecule has 0 saturated carbocycles. The number of halogens is 1. The van der Waals surface area contributed by atoms with Gasteiger partial charge in [-0.15, -0.1) is 0 Å². The largest absolute Gasteiger partial charge is 0.436 e. The van der Waals surface area contributed by atoms with Crippen LogP contribution < -0.4 is 4.90 Å². The highest BCUT2D eigenvalue weighted by Gasteiger charge is 2.31. The second-order valence-corrected chi connectivity index (χ2v) is 8.54. The van der Waals surface area contributed by atoms with Crippen LogP contribution in [0.5, 0.6) is 0 Å². The van der Waals surface area contributed by atoms with E-state index in [2.05, 4.69) is 9.97 Å². The van der Waals surface area contributed by atoms with Gasteiger partial charge in [0.25, 0.3) is 5.91 Å². The zero-order chi connectivity index (χ0) is 22.1. The maximum Gasteiger partial charge on any atom is 0.291 e. The molecule has 1 aromatic carbocycles. The average molecular weight is 440 g/mol. The second kappa shape index (κ2) is 8.67. The van der Waals surface area contributed by atoms with Crippen molar-refractivity contribution in [3.8, 4) is 11.1 Å². The van der Waals surface area contributed by atoms with Crippen LogP contribution in [0.25, 0.3) is 11.1 Å². The molecule has 0 N–H and O–H groups in total. The van der Waals surface area contributed by atoms with Gasteiger partial charge < -0.3 is 14.2 Å². The van der Waals surface area contributed by atoms with Crippen LogP contribution in [-0.2, 0) is 0 Å². The van der Waals surface area contributed by atoms with Crippen LogP contribution in [-0.4, -0.2) is 52.9 Å². The van der Waals surface area contributed by atoms with Gasteiger partial charge in [0.15, 0.2) is 5.89 Å². The standard InChI is InChI=1S/C23H26ClN5O2/c1-14-21(31-15(2)26-14)22(30)29-11-5-6-17(13-29)20-19(12-25-23(27-20)28(3)4)16-7-9-18(24)10-8-16/h7-10,12,17H,5-6,11,13H2,1-4H3/t17-/m1/s1. The van der Waals surface area contributed by atoms with Crippen molar-refractivity contribution >= 4 is 23.5 Å². The number of hydrogen-bond donors (Lipinski definition) is 0. The van der Waals surface area contributed by atoms with Gasteiger partial charge in [-0.3, -0.25) is 4.79 Å². The van der Waals surface area contributed by atoms with E-state index in [1.807, 2.05) is 54.4 Å². The van der Waals surface area contributed by atoms with Gasteiger partial charge in [0.05, 0.1) is 11.4 Å². The Labute approximate surface area is 187 Å². The number of likely N-dealkylation sites (tertiary alicyclic amines) is 1. The number of rotatable bonds is 4. The molecule has 1 fully saturated rings. The molecule has 0 unspecified atom stereocenters. The molecular formula is C23H26ClN5O2. The number of anilines is 1. The normalized spacial score (nSPS) is 16.4. The van der Waals surface area contributed by atoms with Crippen LogP contribution >= 0.6 is 11.6 Å². The van der Waals surface area contributed by atoms with Gasteiger partial charge in [-0.05, 0) is 37.5 Å². The van der Waals surface area contributed by atoms with Gasteiger partial charge in [-0.25, -0.2) is 15.0 Å². The molecule has 1 aliphatic heterocycles. The topological polar surface area (TPSA) is 75.4 Å². The van der Waals surface area contributed by atoms with Crippen molar-refractivity contribution in [2.45, 2.75) is 32.6 Å². The number of amides is 1. The summed E-state index contributed by atoms with van der Waals surface area (Å²) in [5.41, 5.74) is 3.55. The highest BCUT2D eigenvalue weighted by atomic mass is 35.5. The van der Waals surface area contributed by atoms with Crippen molar-refractivity contribution in [1.29, 1.82) is 0 Å². The minimum atomic E-state index is -0.113. The molecule has 31 heavy (non-hydrogen) atoms. The highest BCUT2D eigenvalue weighted by molar-refractivity contribution is 6.30. The molecule has 1 atom stereocenters. The molecule has 3 heterocycles. The van der Waals surface area contributed by atoms with Crippen molar-refractivity contribution in [3.63, 3.8) is 0 Å². The van der Waals surface area contributed by atoms with Gasteiger partial charge >= 0.3 is 0 Å². The van der Waals surface area contributed by atoms with Gasteiger partial charge in [0, 0.05) is 56.8 Å². The summed E-state index contributed by atoms with van der Waals surface area (Å²) >= 11 is 6.08. The molecule has 1 saturated heterocycles. The van der Waals surface area contributed by atoms with E-state index >= 15 is 0 Å². The third kappa shape index (κ3) is 4.42. The van der Waals surface area contributed by atoms with Crippen LogP contribution in [0.3, 0.4) is 0 Å². The third-order valence-corrected chi connectivity index (χ3v) is 5.81. The molecule has 0 bridgehead atoms. The predicted molar refractivity (Wildman–Crippen MR) is 121 cm³/mol. The molecule has 162 valence electrons. The molecule has 1 amide bonds. The summed E-state index contributed by atoms with van der Waals surface area (Å²) in [6.45, 7) is 4.82. The molecule has 1 aliphatic rings. The zero-order valence-corrected chi connectivity index (χ0v) is 19.0. The Morgan fingerprint density at radius 1 is 1.19 bits per heavy atom. The summed E-state index contributed by atoms with van der Waals surface area (Å²) in [5, 5.41) is 0.684. The fourth-order valence-corrected chi connectivity index (χ4v) is 4.15. The van der Waals surface area contributed by atoms with Crippen molar-refractivity contribution in [2.75, 3.05) is 32.1 Å².